The summed E-state index contributed by atoms with van der Waals surface area (Å²) in [4.78, 5) is 20.9. The highest BCUT2D eigenvalue weighted by atomic mass is 19.1. The number of hydrogen-bond donors (Lipinski definition) is 1. The highest BCUT2D eigenvalue weighted by Gasteiger charge is 2.36. The van der Waals surface area contributed by atoms with Gasteiger partial charge in [0, 0.05) is 26.2 Å². The molecule has 1 aromatic rings. The number of carbonyl (C=O) groups excluding carboxylic acids is 1. The molecule has 29 heavy (non-hydrogen) atoms. The minimum Gasteiger partial charge on any atom is -0.494 e. The molecule has 0 saturated carbocycles. The van der Waals surface area contributed by atoms with Crippen LogP contribution < -0.4 is 10.1 Å². The zero-order chi connectivity index (χ0) is 20.9. The molecule has 0 radical (unpaired) electrons. The molecule has 0 aliphatic carbocycles. The van der Waals surface area contributed by atoms with Crippen LogP contribution in [0.15, 0.2) is 29.3 Å². The summed E-state index contributed by atoms with van der Waals surface area (Å²) in [5.74, 6) is 1.34. The van der Waals surface area contributed by atoms with Crippen LogP contribution in [0.3, 0.4) is 0 Å². The van der Waals surface area contributed by atoms with Crippen molar-refractivity contribution < 1.29 is 18.7 Å². The zero-order valence-electron chi connectivity index (χ0n) is 17.5. The van der Waals surface area contributed by atoms with E-state index in [0.29, 0.717) is 32.0 Å². The monoisotopic (exact) mass is 406 g/mol. The standard InChI is InChI=1S/C21H31FN4O3/c1-21(2,3)29-20(27)25-11-12-26-17(15-25)14-24-19(26)23-10-4-5-13-28-18-8-6-16(22)7-9-18/h6-9,17H,4-5,10-15H2,1-3H3,(H,23,24). The summed E-state index contributed by atoms with van der Waals surface area (Å²) < 4.78 is 23.9. The normalized spacial score (nSPS) is 18.9. The van der Waals surface area contributed by atoms with Crippen LogP contribution in [0.25, 0.3) is 0 Å². The Morgan fingerprint density at radius 3 is 2.72 bits per heavy atom. The molecule has 1 saturated heterocycles. The van der Waals surface area contributed by atoms with Crippen LogP contribution in [0.4, 0.5) is 9.18 Å². The third-order valence-corrected chi connectivity index (χ3v) is 4.79. The van der Waals surface area contributed by atoms with Gasteiger partial charge in [0.05, 0.1) is 19.2 Å². The lowest BCUT2D eigenvalue weighted by atomic mass is 10.2. The minimum atomic E-state index is -0.479. The number of halogens is 1. The summed E-state index contributed by atoms with van der Waals surface area (Å²) in [5, 5.41) is 3.41. The molecule has 2 aliphatic rings. The Bertz CT molecular complexity index is 718. The number of aliphatic imine (C=N–C) groups is 1. The largest absolute Gasteiger partial charge is 0.494 e. The summed E-state index contributed by atoms with van der Waals surface area (Å²) in [6, 6.07) is 6.28. The van der Waals surface area contributed by atoms with Crippen LogP contribution in [0.1, 0.15) is 33.6 Å². The molecular weight excluding hydrogens is 375 g/mol. The van der Waals surface area contributed by atoms with Crippen LogP contribution in [0, 0.1) is 5.82 Å². The van der Waals surface area contributed by atoms with E-state index in [2.05, 4.69) is 15.2 Å². The van der Waals surface area contributed by atoms with Gasteiger partial charge in [-0.15, -0.1) is 0 Å². The molecule has 1 aromatic carbocycles. The van der Waals surface area contributed by atoms with Crippen molar-refractivity contribution in [3.63, 3.8) is 0 Å². The Labute approximate surface area is 171 Å². The van der Waals surface area contributed by atoms with E-state index < -0.39 is 5.60 Å². The summed E-state index contributed by atoms with van der Waals surface area (Å²) in [6.07, 6.45) is 1.59. The van der Waals surface area contributed by atoms with Crippen molar-refractivity contribution >= 4 is 12.1 Å². The highest BCUT2D eigenvalue weighted by Crippen LogP contribution is 2.18. The van der Waals surface area contributed by atoms with Crippen molar-refractivity contribution in [2.75, 3.05) is 39.3 Å². The van der Waals surface area contributed by atoms with Gasteiger partial charge in [-0.25, -0.2) is 9.18 Å². The number of hydrogen-bond acceptors (Lipinski definition) is 6. The summed E-state index contributed by atoms with van der Waals surface area (Å²) in [5.41, 5.74) is -0.479. The number of ether oxygens (including phenoxy) is 2. The first-order valence-corrected chi connectivity index (χ1v) is 10.2. The first-order valence-electron chi connectivity index (χ1n) is 10.2. The zero-order valence-corrected chi connectivity index (χ0v) is 17.5. The predicted molar refractivity (Wildman–Crippen MR) is 110 cm³/mol. The predicted octanol–water partition coefficient (Wildman–Crippen LogP) is 2.87. The fourth-order valence-electron chi connectivity index (χ4n) is 3.37. The van der Waals surface area contributed by atoms with Crippen LogP contribution in [0.5, 0.6) is 5.75 Å². The Kier molecular flexibility index (Phi) is 6.82. The summed E-state index contributed by atoms with van der Waals surface area (Å²) in [7, 11) is 0. The van der Waals surface area contributed by atoms with Gasteiger partial charge < -0.3 is 24.6 Å². The van der Waals surface area contributed by atoms with E-state index in [1.165, 1.54) is 12.1 Å². The first-order chi connectivity index (χ1) is 13.8. The van der Waals surface area contributed by atoms with Crippen molar-refractivity contribution in [1.82, 2.24) is 15.1 Å². The number of benzene rings is 1. The van der Waals surface area contributed by atoms with Gasteiger partial charge in [0.2, 0.25) is 0 Å². The topological polar surface area (TPSA) is 66.4 Å². The molecule has 1 unspecified atom stereocenters. The van der Waals surface area contributed by atoms with Gasteiger partial charge in [0.15, 0.2) is 5.96 Å². The Morgan fingerprint density at radius 1 is 1.24 bits per heavy atom. The molecule has 1 atom stereocenters. The van der Waals surface area contributed by atoms with Gasteiger partial charge in [-0.3, -0.25) is 4.99 Å². The Morgan fingerprint density at radius 2 is 2.00 bits per heavy atom. The van der Waals surface area contributed by atoms with Gasteiger partial charge in [0.25, 0.3) is 0 Å². The molecule has 2 heterocycles. The third-order valence-electron chi connectivity index (χ3n) is 4.79. The van der Waals surface area contributed by atoms with E-state index >= 15 is 0 Å². The van der Waals surface area contributed by atoms with E-state index in [1.54, 1.807) is 17.0 Å². The van der Waals surface area contributed by atoms with Gasteiger partial charge in [-0.05, 0) is 57.9 Å². The van der Waals surface area contributed by atoms with Crippen molar-refractivity contribution in [2.24, 2.45) is 4.99 Å². The summed E-state index contributed by atoms with van der Waals surface area (Å²) in [6.45, 7) is 9.76. The maximum absolute atomic E-state index is 12.9. The fourth-order valence-corrected chi connectivity index (χ4v) is 3.37. The lowest BCUT2D eigenvalue weighted by Crippen LogP contribution is -2.57. The summed E-state index contributed by atoms with van der Waals surface area (Å²) >= 11 is 0. The molecule has 1 fully saturated rings. The number of rotatable bonds is 6. The molecular formula is C21H31FN4O3. The van der Waals surface area contributed by atoms with Gasteiger partial charge in [-0.2, -0.15) is 0 Å². The average molecular weight is 407 g/mol. The second-order valence-corrected chi connectivity index (χ2v) is 8.37. The lowest BCUT2D eigenvalue weighted by Gasteiger charge is -2.39. The molecule has 3 rings (SSSR count). The molecule has 1 N–H and O–H groups in total. The molecule has 160 valence electrons. The Balaban J connectivity index is 1.32. The molecule has 8 heteroatoms. The molecule has 2 aliphatic heterocycles. The van der Waals surface area contributed by atoms with Crippen LogP contribution in [-0.4, -0.2) is 72.8 Å². The van der Waals surface area contributed by atoms with E-state index in [9.17, 15) is 9.18 Å². The smallest absolute Gasteiger partial charge is 0.410 e. The highest BCUT2D eigenvalue weighted by molar-refractivity contribution is 5.82. The van der Waals surface area contributed by atoms with Crippen LogP contribution >= 0.6 is 0 Å². The number of nitrogens with one attached hydrogen (secondary N) is 1. The number of carbonyl (C=O) groups is 1. The second kappa shape index (κ2) is 9.33. The van der Waals surface area contributed by atoms with Gasteiger partial charge in [0.1, 0.15) is 17.2 Å². The SMILES string of the molecule is CC(C)(C)OC(=O)N1CCN2C(NCCCCOc3ccc(F)cc3)=NCC2C1. The number of guanidine groups is 1. The van der Waals surface area contributed by atoms with Crippen molar-refractivity contribution in [3.05, 3.63) is 30.1 Å². The number of amides is 1. The number of unbranched alkanes of at least 4 members (excludes halogenated alkanes) is 1. The van der Waals surface area contributed by atoms with E-state index in [1.807, 2.05) is 20.8 Å². The minimum absolute atomic E-state index is 0.209. The fraction of sp³-hybridized carbons (Fsp3) is 0.619. The maximum Gasteiger partial charge on any atom is 0.410 e. The number of fused-ring (bicyclic) bond motifs is 1. The van der Waals surface area contributed by atoms with E-state index in [4.69, 9.17) is 9.47 Å². The van der Waals surface area contributed by atoms with Gasteiger partial charge >= 0.3 is 6.09 Å². The lowest BCUT2D eigenvalue weighted by molar-refractivity contribution is 0.0137. The van der Waals surface area contributed by atoms with E-state index in [0.717, 1.165) is 31.9 Å². The second-order valence-electron chi connectivity index (χ2n) is 8.37. The van der Waals surface area contributed by atoms with E-state index in [-0.39, 0.29) is 18.0 Å². The molecule has 0 spiro atoms. The first kappa shape index (κ1) is 21.2. The van der Waals surface area contributed by atoms with Crippen LogP contribution in [-0.2, 0) is 4.74 Å². The van der Waals surface area contributed by atoms with Crippen LogP contribution in [0.2, 0.25) is 0 Å². The Hall–Kier alpha value is -2.51. The number of piperazine rings is 1. The number of nitrogens with zero attached hydrogens (tertiary/aromatic N) is 3. The van der Waals surface area contributed by atoms with Crippen molar-refractivity contribution in [1.29, 1.82) is 0 Å². The van der Waals surface area contributed by atoms with Gasteiger partial charge in [-0.1, -0.05) is 0 Å². The molecule has 0 aromatic heterocycles. The third kappa shape index (κ3) is 6.24. The molecule has 1 amide bonds. The molecule has 0 bridgehead atoms. The molecule has 7 nitrogen and oxygen atoms in total. The average Bonchev–Trinajstić information content (AvgIpc) is 3.07. The maximum atomic E-state index is 12.9. The van der Waals surface area contributed by atoms with Crippen molar-refractivity contribution in [2.45, 2.75) is 45.3 Å². The van der Waals surface area contributed by atoms with Crippen molar-refractivity contribution in [3.8, 4) is 5.75 Å². The quantitative estimate of drug-likeness (QED) is 0.736.